The minimum absolute atomic E-state index is 0.416. The summed E-state index contributed by atoms with van der Waals surface area (Å²) in [7, 11) is -4.47. The first kappa shape index (κ1) is 74.8. The first-order chi connectivity index (χ1) is 36.8. The minimum Gasteiger partial charge on any atom is -0.748 e. The van der Waals surface area contributed by atoms with Crippen molar-refractivity contribution in [3.8, 4) is 0 Å². The lowest BCUT2D eigenvalue weighted by Crippen LogP contribution is -2.55. The molecule has 6 heteroatoms. The van der Waals surface area contributed by atoms with E-state index >= 15 is 0 Å². The van der Waals surface area contributed by atoms with E-state index in [1.54, 1.807) is 0 Å². The van der Waals surface area contributed by atoms with Crippen LogP contribution >= 0.6 is 0 Å². The van der Waals surface area contributed by atoms with Gasteiger partial charge in [0.2, 0.25) is 0 Å². The highest BCUT2D eigenvalue weighted by molar-refractivity contribution is 7.85. The molecule has 0 rings (SSSR count). The SMILES string of the molecule is CCCCCCCCCCCCCCCCCCCCCC[N+](CCCCCCCCCCCCCCCCCCCCCC)(CCCCCCCCCCCCCCCCCCCCCC)CC(O)CS(=O)(=O)[O-]. The number of aliphatic hydroxyl groups is 1. The summed E-state index contributed by atoms with van der Waals surface area (Å²) in [5.41, 5.74) is 0. The molecule has 1 atom stereocenters. The molecule has 0 saturated heterocycles. The van der Waals surface area contributed by atoms with Gasteiger partial charge in [-0.2, -0.15) is 0 Å². The van der Waals surface area contributed by atoms with Crippen LogP contribution in [-0.4, -0.2) is 60.6 Å². The molecule has 0 aromatic carbocycles. The van der Waals surface area contributed by atoms with Crippen molar-refractivity contribution in [3.05, 3.63) is 0 Å². The van der Waals surface area contributed by atoms with Crippen LogP contribution in [0, 0.1) is 0 Å². The molecule has 0 fully saturated rings. The van der Waals surface area contributed by atoms with Gasteiger partial charge in [0.25, 0.3) is 0 Å². The van der Waals surface area contributed by atoms with Gasteiger partial charge in [-0.05, 0) is 38.5 Å². The predicted octanol–water partition coefficient (Wildman–Crippen LogP) is 23.2. The van der Waals surface area contributed by atoms with Crippen molar-refractivity contribution < 1.29 is 22.6 Å². The Balaban J connectivity index is 4.71. The summed E-state index contributed by atoms with van der Waals surface area (Å²) in [6.07, 6.45) is 81.6. The number of nitrogens with zero attached hydrogens (tertiary/aromatic N) is 1. The van der Waals surface area contributed by atoms with Crippen LogP contribution in [0.1, 0.15) is 406 Å². The maximum atomic E-state index is 11.9. The second-order valence-corrected chi connectivity index (χ2v) is 26.7. The van der Waals surface area contributed by atoms with Crippen molar-refractivity contribution >= 4 is 10.1 Å². The fraction of sp³-hybridized carbons (Fsp3) is 1.00. The third kappa shape index (κ3) is 61.3. The Morgan fingerprint density at radius 2 is 0.400 bits per heavy atom. The fourth-order valence-corrected chi connectivity index (χ4v) is 13.0. The molecule has 0 aromatic rings. The number of unbranched alkanes of at least 4 members (excludes halogenated alkanes) is 57. The van der Waals surface area contributed by atoms with Crippen LogP contribution in [0.2, 0.25) is 0 Å². The standard InChI is InChI=1S/C69H141NO4S/c1-4-7-10-13-16-19-22-25-28-31-34-37-40-43-46-49-52-55-58-61-64-70(67-69(71)68-75(72,73)74,65-62-59-56-53-50-47-44-41-38-35-32-29-26-23-20-17-14-11-8-5-2)66-63-60-57-54-51-48-45-42-39-36-33-30-27-24-21-18-15-12-9-6-3/h69,71H,4-68H2,1-3H3. The third-order valence-corrected chi connectivity index (χ3v) is 18.2. The highest BCUT2D eigenvalue weighted by Gasteiger charge is 2.30. The van der Waals surface area contributed by atoms with Crippen LogP contribution in [0.25, 0.3) is 0 Å². The smallest absolute Gasteiger partial charge is 0.116 e. The van der Waals surface area contributed by atoms with Crippen molar-refractivity contribution in [3.63, 3.8) is 0 Å². The molecule has 0 aliphatic rings. The molecule has 1 N–H and O–H groups in total. The zero-order valence-electron chi connectivity index (χ0n) is 52.1. The average Bonchev–Trinajstić information content (AvgIpc) is 3.38. The van der Waals surface area contributed by atoms with Crippen molar-refractivity contribution in [2.24, 2.45) is 0 Å². The zero-order valence-corrected chi connectivity index (χ0v) is 52.9. The van der Waals surface area contributed by atoms with Crippen LogP contribution in [0.5, 0.6) is 0 Å². The topological polar surface area (TPSA) is 77.4 Å². The Labute approximate surface area is 474 Å². The largest absolute Gasteiger partial charge is 0.748 e. The second-order valence-electron chi connectivity index (χ2n) is 25.2. The Morgan fingerprint density at radius 1 is 0.267 bits per heavy atom. The quantitative estimate of drug-likeness (QED) is 0.0374. The molecular weight excluding hydrogens is 939 g/mol. The van der Waals surface area contributed by atoms with Gasteiger partial charge in [0.15, 0.2) is 0 Å². The fourth-order valence-electron chi connectivity index (χ4n) is 12.5. The van der Waals surface area contributed by atoms with E-state index in [9.17, 15) is 18.1 Å². The minimum atomic E-state index is -4.47. The third-order valence-electron chi connectivity index (χ3n) is 17.5. The van der Waals surface area contributed by atoms with Gasteiger partial charge in [-0.3, -0.25) is 0 Å². The van der Waals surface area contributed by atoms with E-state index in [0.29, 0.717) is 6.54 Å². The van der Waals surface area contributed by atoms with E-state index in [1.807, 2.05) is 0 Å². The maximum Gasteiger partial charge on any atom is 0.116 e. The normalized spacial score (nSPS) is 12.7. The molecule has 452 valence electrons. The van der Waals surface area contributed by atoms with Gasteiger partial charge in [0, 0.05) is 0 Å². The molecule has 1 unspecified atom stereocenters. The monoisotopic (exact) mass is 1080 g/mol. The van der Waals surface area contributed by atoms with E-state index in [4.69, 9.17) is 0 Å². The molecular formula is C69H141NO4S. The lowest BCUT2D eigenvalue weighted by Gasteiger charge is -2.41. The maximum absolute atomic E-state index is 11.9. The Kier molecular flexibility index (Phi) is 61.3. The molecule has 0 amide bonds. The average molecular weight is 1080 g/mol. The van der Waals surface area contributed by atoms with Crippen molar-refractivity contribution in [2.45, 2.75) is 412 Å². The molecule has 75 heavy (non-hydrogen) atoms. The Morgan fingerprint density at radius 3 is 0.533 bits per heavy atom. The molecule has 0 heterocycles. The summed E-state index contributed by atoms with van der Waals surface area (Å²) < 4.78 is 36.4. The summed E-state index contributed by atoms with van der Waals surface area (Å²) in [6.45, 7) is 10.3. The van der Waals surface area contributed by atoms with E-state index in [1.165, 1.54) is 366 Å². The van der Waals surface area contributed by atoms with Crippen LogP contribution in [0.4, 0.5) is 0 Å². The molecule has 0 bridgehead atoms. The van der Waals surface area contributed by atoms with Crippen molar-refractivity contribution in [1.82, 2.24) is 0 Å². The summed E-state index contributed by atoms with van der Waals surface area (Å²) in [5, 5.41) is 11.1. The van der Waals surface area contributed by atoms with Gasteiger partial charge in [0.05, 0.1) is 35.5 Å². The summed E-state index contributed by atoms with van der Waals surface area (Å²) in [4.78, 5) is 0. The predicted molar refractivity (Wildman–Crippen MR) is 334 cm³/mol. The second kappa shape index (κ2) is 61.4. The van der Waals surface area contributed by atoms with Crippen LogP contribution in [0.3, 0.4) is 0 Å². The van der Waals surface area contributed by atoms with Gasteiger partial charge in [-0.1, -0.05) is 367 Å². The summed E-state index contributed by atoms with van der Waals surface area (Å²) in [6, 6.07) is 0. The van der Waals surface area contributed by atoms with Crippen molar-refractivity contribution in [2.75, 3.05) is 31.9 Å². The van der Waals surface area contributed by atoms with Gasteiger partial charge < -0.3 is 14.1 Å². The van der Waals surface area contributed by atoms with Crippen LogP contribution < -0.4 is 0 Å². The van der Waals surface area contributed by atoms with Crippen LogP contribution in [0.15, 0.2) is 0 Å². The van der Waals surface area contributed by atoms with Gasteiger partial charge >= 0.3 is 0 Å². The van der Waals surface area contributed by atoms with E-state index in [2.05, 4.69) is 20.8 Å². The first-order valence-corrected chi connectivity index (χ1v) is 36.8. The Hall–Kier alpha value is -0.170. The molecule has 0 aromatic heterocycles. The van der Waals surface area contributed by atoms with E-state index in [0.717, 1.165) is 43.4 Å². The highest BCUT2D eigenvalue weighted by atomic mass is 32.2. The molecule has 0 spiro atoms. The molecule has 5 nitrogen and oxygen atoms in total. The van der Waals surface area contributed by atoms with Gasteiger partial charge in [-0.25, -0.2) is 8.42 Å². The zero-order chi connectivity index (χ0) is 54.5. The number of aliphatic hydroxyl groups excluding tert-OH is 1. The van der Waals surface area contributed by atoms with Gasteiger partial charge in [0.1, 0.15) is 12.6 Å². The lowest BCUT2D eigenvalue weighted by molar-refractivity contribution is -0.931. The van der Waals surface area contributed by atoms with E-state index in [-0.39, 0.29) is 0 Å². The molecule has 0 saturated carbocycles. The van der Waals surface area contributed by atoms with Gasteiger partial charge in [-0.15, -0.1) is 0 Å². The Bertz CT molecular complexity index is 1050. The van der Waals surface area contributed by atoms with Crippen LogP contribution in [-0.2, 0) is 10.1 Å². The van der Waals surface area contributed by atoms with Crippen molar-refractivity contribution in [1.29, 1.82) is 0 Å². The number of hydrogen-bond donors (Lipinski definition) is 1. The number of quaternary nitrogens is 1. The summed E-state index contributed by atoms with van der Waals surface area (Å²) >= 11 is 0. The molecule has 0 radical (unpaired) electrons. The van der Waals surface area contributed by atoms with E-state index < -0.39 is 22.0 Å². The number of hydrogen-bond acceptors (Lipinski definition) is 4. The highest BCUT2D eigenvalue weighted by Crippen LogP contribution is 2.23. The number of rotatable bonds is 67. The lowest BCUT2D eigenvalue weighted by atomic mass is 10.0. The first-order valence-electron chi connectivity index (χ1n) is 35.2. The molecule has 0 aliphatic heterocycles. The summed E-state index contributed by atoms with van der Waals surface area (Å²) in [5.74, 6) is -0.648. The molecule has 0 aliphatic carbocycles.